The predicted molar refractivity (Wildman–Crippen MR) is 93.3 cm³/mol. The van der Waals surface area contributed by atoms with Crippen LogP contribution in [0.2, 0.25) is 0 Å². The van der Waals surface area contributed by atoms with Crippen LogP contribution >= 0.6 is 27.7 Å². The van der Waals surface area contributed by atoms with Crippen LogP contribution in [0.15, 0.2) is 45.9 Å². The van der Waals surface area contributed by atoms with E-state index in [1.54, 1.807) is 11.8 Å². The Balaban J connectivity index is 2.26. The van der Waals surface area contributed by atoms with Gasteiger partial charge in [0.15, 0.2) is 0 Å². The number of carbonyl (C=O) groups excluding carboxylic acids is 1. The highest BCUT2D eigenvalue weighted by atomic mass is 79.9. The lowest BCUT2D eigenvalue weighted by atomic mass is 10.3. The van der Waals surface area contributed by atoms with Crippen molar-refractivity contribution in [2.45, 2.75) is 31.7 Å². The van der Waals surface area contributed by atoms with Gasteiger partial charge in [-0.1, -0.05) is 19.1 Å². The molecule has 0 saturated carbocycles. The number of amides is 1. The number of thioether (sulfide) groups is 1. The summed E-state index contributed by atoms with van der Waals surface area (Å²) in [5.74, 6) is 0.888. The Morgan fingerprint density at radius 2 is 2.10 bits per heavy atom. The number of para-hydroxylation sites is 1. The van der Waals surface area contributed by atoms with Gasteiger partial charge in [-0.15, -0.1) is 11.8 Å². The third-order valence-electron chi connectivity index (χ3n) is 3.04. The molecule has 1 heterocycles. The molecule has 2 aromatic rings. The van der Waals surface area contributed by atoms with Crippen LogP contribution in [-0.2, 0) is 0 Å². The van der Waals surface area contributed by atoms with Gasteiger partial charge in [0.1, 0.15) is 5.69 Å². The summed E-state index contributed by atoms with van der Waals surface area (Å²) in [5.41, 5.74) is 1.52. The van der Waals surface area contributed by atoms with Crippen molar-refractivity contribution in [3.63, 3.8) is 0 Å². The minimum absolute atomic E-state index is 0.0847. The molecule has 0 aliphatic carbocycles. The van der Waals surface area contributed by atoms with Crippen LogP contribution in [0.4, 0.5) is 5.69 Å². The van der Waals surface area contributed by atoms with Crippen LogP contribution in [0.25, 0.3) is 0 Å². The van der Waals surface area contributed by atoms with E-state index < -0.39 is 0 Å². The van der Waals surface area contributed by atoms with Crippen molar-refractivity contribution in [2.75, 3.05) is 11.1 Å². The van der Waals surface area contributed by atoms with Crippen molar-refractivity contribution < 1.29 is 4.79 Å². The van der Waals surface area contributed by atoms with Crippen LogP contribution in [0.5, 0.6) is 0 Å². The van der Waals surface area contributed by atoms with Gasteiger partial charge in [-0.25, -0.2) is 0 Å². The second-order valence-corrected chi connectivity index (χ2v) is 7.15. The number of anilines is 1. The first-order valence-electron chi connectivity index (χ1n) is 6.93. The Morgan fingerprint density at radius 1 is 1.38 bits per heavy atom. The van der Waals surface area contributed by atoms with E-state index in [1.165, 1.54) is 0 Å². The zero-order valence-corrected chi connectivity index (χ0v) is 14.8. The number of benzene rings is 1. The summed E-state index contributed by atoms with van der Waals surface area (Å²) in [5, 5.41) is 3.02. The van der Waals surface area contributed by atoms with Crippen molar-refractivity contribution in [3.05, 3.63) is 46.7 Å². The normalized spacial score (nSPS) is 10.9. The second-order valence-electron chi connectivity index (χ2n) is 4.93. The third-order valence-corrected chi connectivity index (χ3v) is 4.43. The highest BCUT2D eigenvalue weighted by molar-refractivity contribution is 9.10. The number of aromatic nitrogens is 1. The number of hydrogen-bond donors (Lipinski definition) is 1. The van der Waals surface area contributed by atoms with Crippen LogP contribution in [-0.4, -0.2) is 16.2 Å². The average molecular weight is 367 g/mol. The highest BCUT2D eigenvalue weighted by Crippen LogP contribution is 2.28. The van der Waals surface area contributed by atoms with E-state index in [9.17, 15) is 4.79 Å². The van der Waals surface area contributed by atoms with Crippen LogP contribution in [0.1, 0.15) is 37.3 Å². The summed E-state index contributed by atoms with van der Waals surface area (Å²) < 4.78 is 2.88. The molecule has 0 radical (unpaired) electrons. The first-order valence-corrected chi connectivity index (χ1v) is 8.71. The number of halogens is 1. The summed E-state index contributed by atoms with van der Waals surface area (Å²) in [6.07, 6.45) is 1.94. The van der Waals surface area contributed by atoms with Gasteiger partial charge in [0.25, 0.3) is 5.91 Å². The number of hydrogen-bond acceptors (Lipinski definition) is 2. The van der Waals surface area contributed by atoms with Gasteiger partial charge in [0.05, 0.1) is 5.69 Å². The van der Waals surface area contributed by atoms with E-state index in [0.717, 1.165) is 20.8 Å². The standard InChI is InChI=1S/C16H19BrN2OS/c1-4-21-15-8-6-5-7-13(15)18-16(20)14-9-12(17)10-19(14)11(2)3/h5-11H,4H2,1-3H3,(H,18,20). The summed E-state index contributed by atoms with van der Waals surface area (Å²) in [4.78, 5) is 13.6. The van der Waals surface area contributed by atoms with Gasteiger partial charge < -0.3 is 9.88 Å². The highest BCUT2D eigenvalue weighted by Gasteiger charge is 2.16. The molecule has 0 saturated heterocycles. The maximum absolute atomic E-state index is 12.5. The monoisotopic (exact) mass is 366 g/mol. The van der Waals surface area contributed by atoms with Gasteiger partial charge in [0, 0.05) is 21.6 Å². The molecule has 112 valence electrons. The Kier molecular flexibility index (Phi) is 5.53. The fraction of sp³-hybridized carbons (Fsp3) is 0.312. The summed E-state index contributed by atoms with van der Waals surface area (Å²) in [7, 11) is 0. The maximum atomic E-state index is 12.5. The number of nitrogens with one attached hydrogen (secondary N) is 1. The molecular weight excluding hydrogens is 348 g/mol. The van der Waals surface area contributed by atoms with Crippen molar-refractivity contribution in [3.8, 4) is 0 Å². The first-order chi connectivity index (χ1) is 10.0. The van der Waals surface area contributed by atoms with Crippen LogP contribution in [0, 0.1) is 0 Å². The topological polar surface area (TPSA) is 34.0 Å². The molecule has 1 aromatic carbocycles. The molecule has 1 aromatic heterocycles. The lowest BCUT2D eigenvalue weighted by Gasteiger charge is -2.14. The fourth-order valence-electron chi connectivity index (χ4n) is 2.09. The Hall–Kier alpha value is -1.20. The van der Waals surface area contributed by atoms with Gasteiger partial charge in [-0.2, -0.15) is 0 Å². The molecule has 3 nitrogen and oxygen atoms in total. The quantitative estimate of drug-likeness (QED) is 0.738. The Labute approximate surface area is 138 Å². The van der Waals surface area contributed by atoms with Crippen molar-refractivity contribution in [1.82, 2.24) is 4.57 Å². The van der Waals surface area contributed by atoms with E-state index in [1.807, 2.05) is 41.1 Å². The van der Waals surface area contributed by atoms with Gasteiger partial charge in [-0.05, 0) is 53.7 Å². The molecule has 0 atom stereocenters. The minimum Gasteiger partial charge on any atom is -0.340 e. The van der Waals surface area contributed by atoms with Gasteiger partial charge in [0.2, 0.25) is 0 Å². The molecule has 5 heteroatoms. The molecule has 1 N–H and O–H groups in total. The molecule has 0 aliphatic heterocycles. The largest absolute Gasteiger partial charge is 0.340 e. The van der Waals surface area contributed by atoms with Crippen LogP contribution in [0.3, 0.4) is 0 Å². The SMILES string of the molecule is CCSc1ccccc1NC(=O)c1cc(Br)cn1C(C)C. The molecule has 0 unspecified atom stereocenters. The van der Waals surface area contributed by atoms with Crippen LogP contribution < -0.4 is 5.32 Å². The number of rotatable bonds is 5. The zero-order valence-electron chi connectivity index (χ0n) is 12.4. The maximum Gasteiger partial charge on any atom is 0.272 e. The van der Waals surface area contributed by atoms with E-state index in [-0.39, 0.29) is 11.9 Å². The molecule has 0 aliphatic rings. The smallest absolute Gasteiger partial charge is 0.272 e. The predicted octanol–water partition coefficient (Wildman–Crippen LogP) is 5.20. The molecule has 0 spiro atoms. The molecule has 0 bridgehead atoms. The third kappa shape index (κ3) is 3.92. The first kappa shape index (κ1) is 16.2. The molecule has 1 amide bonds. The fourth-order valence-corrected chi connectivity index (χ4v) is 3.29. The number of nitrogens with zero attached hydrogens (tertiary/aromatic N) is 1. The Bertz CT molecular complexity index is 637. The average Bonchev–Trinajstić information content (AvgIpc) is 2.84. The van der Waals surface area contributed by atoms with Crippen molar-refractivity contribution >= 4 is 39.3 Å². The Morgan fingerprint density at radius 3 is 2.76 bits per heavy atom. The zero-order chi connectivity index (χ0) is 15.4. The van der Waals surface area contributed by atoms with E-state index in [0.29, 0.717) is 5.69 Å². The van der Waals surface area contributed by atoms with E-state index >= 15 is 0 Å². The van der Waals surface area contributed by atoms with E-state index in [2.05, 4.69) is 42.0 Å². The van der Waals surface area contributed by atoms with Crippen molar-refractivity contribution in [1.29, 1.82) is 0 Å². The minimum atomic E-state index is -0.0847. The molecule has 0 fully saturated rings. The van der Waals surface area contributed by atoms with E-state index in [4.69, 9.17) is 0 Å². The second kappa shape index (κ2) is 7.18. The van der Waals surface area contributed by atoms with Gasteiger partial charge in [-0.3, -0.25) is 4.79 Å². The number of carbonyl (C=O) groups is 1. The van der Waals surface area contributed by atoms with Crippen molar-refractivity contribution in [2.24, 2.45) is 0 Å². The molecular formula is C16H19BrN2OS. The van der Waals surface area contributed by atoms with Gasteiger partial charge >= 0.3 is 0 Å². The summed E-state index contributed by atoms with van der Waals surface area (Å²) in [6.45, 7) is 6.22. The lowest BCUT2D eigenvalue weighted by molar-refractivity contribution is 0.101. The molecule has 2 rings (SSSR count). The molecule has 21 heavy (non-hydrogen) atoms. The summed E-state index contributed by atoms with van der Waals surface area (Å²) >= 11 is 5.16. The summed E-state index contributed by atoms with van der Waals surface area (Å²) in [6, 6.07) is 9.98. The lowest BCUT2D eigenvalue weighted by Crippen LogP contribution is -2.18.